The number of benzene rings is 1. The summed E-state index contributed by atoms with van der Waals surface area (Å²) in [5, 5.41) is 14.5. The zero-order valence-corrected chi connectivity index (χ0v) is 9.50. The Morgan fingerprint density at radius 1 is 1.50 bits per heavy atom. The smallest absolute Gasteiger partial charge is 0.409 e. The van der Waals surface area contributed by atoms with Crippen molar-refractivity contribution < 1.29 is 9.90 Å². The third-order valence-electron chi connectivity index (χ3n) is 2.99. The minimum atomic E-state index is -1.02. The Bertz CT molecular complexity index is 427. The quantitative estimate of drug-likeness (QED) is 0.679. The highest BCUT2D eigenvalue weighted by atomic mass is 16.4. The molecule has 16 heavy (non-hydrogen) atoms. The van der Waals surface area contributed by atoms with E-state index < -0.39 is 6.09 Å². The van der Waals surface area contributed by atoms with Gasteiger partial charge in [0.2, 0.25) is 0 Å². The molecule has 1 heterocycles. The van der Waals surface area contributed by atoms with Crippen LogP contribution in [-0.2, 0) is 12.0 Å². The Labute approximate surface area is 94.7 Å². The first-order valence-electron chi connectivity index (χ1n) is 5.37. The largest absolute Gasteiger partial charge is 0.465 e. The van der Waals surface area contributed by atoms with Gasteiger partial charge in [0, 0.05) is 11.2 Å². The molecule has 4 heteroatoms. The number of hydrogen-bond acceptors (Lipinski definition) is 2. The van der Waals surface area contributed by atoms with Crippen LogP contribution in [0.4, 0.5) is 10.5 Å². The normalized spacial score (nSPS) is 17.6. The number of nitrogens with one attached hydrogen (secondary N) is 2. The third-order valence-corrected chi connectivity index (χ3v) is 2.99. The lowest BCUT2D eigenvalue weighted by molar-refractivity contribution is 0.210. The molecular weight excluding hydrogens is 204 g/mol. The highest BCUT2D eigenvalue weighted by molar-refractivity contribution is 5.83. The molecule has 0 unspecified atom stereocenters. The summed E-state index contributed by atoms with van der Waals surface area (Å²) in [6.45, 7) is 5.20. The standard InChI is InChI=1S/C12H16N2O2/c1-12(2)10-4-3-9(14-11(15)16)7-8(10)5-6-13-12/h3-4,7,13-14H,5-6H2,1-2H3,(H,15,16). The second-order valence-electron chi connectivity index (χ2n) is 4.60. The van der Waals surface area contributed by atoms with Crippen LogP contribution in [0.5, 0.6) is 0 Å². The van der Waals surface area contributed by atoms with E-state index in [0.717, 1.165) is 13.0 Å². The van der Waals surface area contributed by atoms with Crippen LogP contribution in [0.3, 0.4) is 0 Å². The summed E-state index contributed by atoms with van der Waals surface area (Å²) in [5.41, 5.74) is 3.07. The first-order chi connectivity index (χ1) is 7.49. The predicted molar refractivity (Wildman–Crippen MR) is 62.8 cm³/mol. The molecule has 1 aliphatic rings. The highest BCUT2D eigenvalue weighted by Gasteiger charge is 2.26. The van der Waals surface area contributed by atoms with E-state index in [1.54, 1.807) is 0 Å². The van der Waals surface area contributed by atoms with Gasteiger partial charge in [-0.3, -0.25) is 5.32 Å². The fourth-order valence-electron chi connectivity index (χ4n) is 2.22. The second kappa shape index (κ2) is 3.79. The van der Waals surface area contributed by atoms with Gasteiger partial charge < -0.3 is 10.4 Å². The molecular formula is C12H16N2O2. The average molecular weight is 220 g/mol. The van der Waals surface area contributed by atoms with E-state index in [0.29, 0.717) is 5.69 Å². The molecule has 0 aromatic heterocycles. The van der Waals surface area contributed by atoms with Gasteiger partial charge in [-0.25, -0.2) is 4.79 Å². The SMILES string of the molecule is CC1(C)NCCc2cc(NC(=O)O)ccc21. The Morgan fingerprint density at radius 3 is 2.94 bits per heavy atom. The summed E-state index contributed by atoms with van der Waals surface area (Å²) in [7, 11) is 0. The maximum absolute atomic E-state index is 10.5. The van der Waals surface area contributed by atoms with Crippen molar-refractivity contribution in [1.29, 1.82) is 0 Å². The Balaban J connectivity index is 2.36. The second-order valence-corrected chi connectivity index (χ2v) is 4.60. The molecule has 4 nitrogen and oxygen atoms in total. The van der Waals surface area contributed by atoms with E-state index in [1.165, 1.54) is 11.1 Å². The maximum atomic E-state index is 10.5. The molecule has 0 fully saturated rings. The van der Waals surface area contributed by atoms with E-state index in [4.69, 9.17) is 5.11 Å². The molecule has 3 N–H and O–H groups in total. The summed E-state index contributed by atoms with van der Waals surface area (Å²) in [5.74, 6) is 0. The molecule has 0 aliphatic carbocycles. The molecule has 0 atom stereocenters. The van der Waals surface area contributed by atoms with Crippen molar-refractivity contribution in [3.8, 4) is 0 Å². The number of carboxylic acid groups (broad SMARTS) is 1. The van der Waals surface area contributed by atoms with Crippen molar-refractivity contribution in [1.82, 2.24) is 5.32 Å². The summed E-state index contributed by atoms with van der Waals surface area (Å²) in [4.78, 5) is 10.5. The number of anilines is 1. The van der Waals surface area contributed by atoms with Crippen LogP contribution in [0.15, 0.2) is 18.2 Å². The lowest BCUT2D eigenvalue weighted by Gasteiger charge is -2.34. The molecule has 1 amide bonds. The van der Waals surface area contributed by atoms with Gasteiger partial charge in [-0.05, 0) is 50.1 Å². The number of rotatable bonds is 1. The van der Waals surface area contributed by atoms with Crippen LogP contribution in [0.25, 0.3) is 0 Å². The number of hydrogen-bond donors (Lipinski definition) is 3. The maximum Gasteiger partial charge on any atom is 0.409 e. The van der Waals surface area contributed by atoms with Crippen molar-refractivity contribution in [2.75, 3.05) is 11.9 Å². The lowest BCUT2D eigenvalue weighted by Crippen LogP contribution is -2.42. The molecule has 0 spiro atoms. The fraction of sp³-hybridized carbons (Fsp3) is 0.417. The number of amides is 1. The average Bonchev–Trinajstić information content (AvgIpc) is 2.15. The molecule has 0 radical (unpaired) electrons. The molecule has 0 bridgehead atoms. The van der Waals surface area contributed by atoms with Gasteiger partial charge in [0.05, 0.1) is 0 Å². The topological polar surface area (TPSA) is 61.4 Å². The number of carbonyl (C=O) groups is 1. The van der Waals surface area contributed by atoms with E-state index in [9.17, 15) is 4.79 Å². The lowest BCUT2D eigenvalue weighted by atomic mass is 9.85. The molecule has 1 aromatic rings. The van der Waals surface area contributed by atoms with Gasteiger partial charge in [0.1, 0.15) is 0 Å². The van der Waals surface area contributed by atoms with Crippen LogP contribution < -0.4 is 10.6 Å². The van der Waals surface area contributed by atoms with Crippen molar-refractivity contribution in [2.45, 2.75) is 25.8 Å². The van der Waals surface area contributed by atoms with Gasteiger partial charge in [-0.1, -0.05) is 6.07 Å². The molecule has 1 aliphatic heterocycles. The van der Waals surface area contributed by atoms with Crippen molar-refractivity contribution in [3.63, 3.8) is 0 Å². The van der Waals surface area contributed by atoms with Crippen molar-refractivity contribution in [3.05, 3.63) is 29.3 Å². The fourth-order valence-corrected chi connectivity index (χ4v) is 2.22. The summed E-state index contributed by atoms with van der Waals surface area (Å²) < 4.78 is 0. The van der Waals surface area contributed by atoms with Crippen LogP contribution in [-0.4, -0.2) is 17.7 Å². The van der Waals surface area contributed by atoms with Gasteiger partial charge in [0.15, 0.2) is 0 Å². The summed E-state index contributed by atoms with van der Waals surface area (Å²) in [6.07, 6.45) is -0.0818. The monoisotopic (exact) mass is 220 g/mol. The minimum absolute atomic E-state index is 0.0324. The molecule has 2 rings (SSSR count). The molecule has 1 aromatic carbocycles. The number of fused-ring (bicyclic) bond motifs is 1. The molecule has 0 saturated heterocycles. The summed E-state index contributed by atoms with van der Waals surface area (Å²) >= 11 is 0. The molecule has 86 valence electrons. The minimum Gasteiger partial charge on any atom is -0.465 e. The Morgan fingerprint density at radius 2 is 2.25 bits per heavy atom. The van der Waals surface area contributed by atoms with Gasteiger partial charge in [-0.2, -0.15) is 0 Å². The van der Waals surface area contributed by atoms with E-state index in [1.807, 2.05) is 18.2 Å². The zero-order valence-electron chi connectivity index (χ0n) is 9.50. The summed E-state index contributed by atoms with van der Waals surface area (Å²) in [6, 6.07) is 5.72. The van der Waals surface area contributed by atoms with E-state index in [-0.39, 0.29) is 5.54 Å². The Hall–Kier alpha value is -1.55. The van der Waals surface area contributed by atoms with Gasteiger partial charge in [-0.15, -0.1) is 0 Å². The van der Waals surface area contributed by atoms with Crippen LogP contribution >= 0.6 is 0 Å². The van der Waals surface area contributed by atoms with Crippen LogP contribution in [0.2, 0.25) is 0 Å². The van der Waals surface area contributed by atoms with E-state index >= 15 is 0 Å². The first-order valence-corrected chi connectivity index (χ1v) is 5.37. The zero-order chi connectivity index (χ0) is 11.8. The predicted octanol–water partition coefficient (Wildman–Crippen LogP) is 2.16. The van der Waals surface area contributed by atoms with Crippen molar-refractivity contribution >= 4 is 11.8 Å². The first kappa shape index (κ1) is 11.0. The highest BCUT2D eigenvalue weighted by Crippen LogP contribution is 2.29. The van der Waals surface area contributed by atoms with Crippen LogP contribution in [0, 0.1) is 0 Å². The molecule has 0 saturated carbocycles. The third kappa shape index (κ3) is 2.02. The Kier molecular flexibility index (Phi) is 2.59. The van der Waals surface area contributed by atoms with E-state index in [2.05, 4.69) is 24.5 Å². The van der Waals surface area contributed by atoms with Gasteiger partial charge in [0.25, 0.3) is 0 Å². The van der Waals surface area contributed by atoms with Gasteiger partial charge >= 0.3 is 6.09 Å². The van der Waals surface area contributed by atoms with Crippen LogP contribution in [0.1, 0.15) is 25.0 Å². The van der Waals surface area contributed by atoms with Crippen molar-refractivity contribution in [2.24, 2.45) is 0 Å².